The molecule has 3 rings (SSSR count). The maximum Gasteiger partial charge on any atom is 0.255 e. The Bertz CT molecular complexity index is 857. The molecule has 3 nitrogen and oxygen atoms in total. The fraction of sp³-hybridized carbons (Fsp3) is 0.174. The Labute approximate surface area is 154 Å². The van der Waals surface area contributed by atoms with E-state index in [1.807, 2.05) is 74.5 Å². The van der Waals surface area contributed by atoms with Gasteiger partial charge in [0.1, 0.15) is 12.4 Å². The maximum absolute atomic E-state index is 12.7. The highest BCUT2D eigenvalue weighted by Crippen LogP contribution is 2.21. The van der Waals surface area contributed by atoms with E-state index in [2.05, 4.69) is 17.4 Å². The van der Waals surface area contributed by atoms with Gasteiger partial charge < -0.3 is 10.1 Å². The van der Waals surface area contributed by atoms with Crippen LogP contribution in [0.3, 0.4) is 0 Å². The average Bonchev–Trinajstić information content (AvgIpc) is 2.68. The van der Waals surface area contributed by atoms with Crippen LogP contribution in [0.25, 0.3) is 0 Å². The fourth-order valence-corrected chi connectivity index (χ4v) is 2.73. The van der Waals surface area contributed by atoms with E-state index in [-0.39, 0.29) is 11.9 Å². The molecule has 0 saturated heterocycles. The van der Waals surface area contributed by atoms with E-state index in [4.69, 9.17) is 4.74 Å². The molecule has 3 aromatic rings. The van der Waals surface area contributed by atoms with Crippen LogP contribution >= 0.6 is 0 Å². The van der Waals surface area contributed by atoms with Gasteiger partial charge in [-0.2, -0.15) is 0 Å². The number of benzene rings is 3. The lowest BCUT2D eigenvalue weighted by Gasteiger charge is -2.16. The molecular weight excluding hydrogens is 322 g/mol. The molecule has 132 valence electrons. The van der Waals surface area contributed by atoms with Gasteiger partial charge in [-0.3, -0.25) is 4.79 Å². The van der Waals surface area contributed by atoms with Crippen molar-refractivity contribution in [3.8, 4) is 5.75 Å². The topological polar surface area (TPSA) is 38.3 Å². The molecule has 1 amide bonds. The Balaban J connectivity index is 1.70. The highest BCUT2D eigenvalue weighted by molar-refractivity contribution is 5.97. The molecule has 0 spiro atoms. The van der Waals surface area contributed by atoms with Gasteiger partial charge in [0.15, 0.2) is 0 Å². The number of ether oxygens (including phenoxy) is 1. The van der Waals surface area contributed by atoms with Crippen molar-refractivity contribution in [2.24, 2.45) is 0 Å². The van der Waals surface area contributed by atoms with Crippen LogP contribution in [0, 0.1) is 6.92 Å². The van der Waals surface area contributed by atoms with Crippen molar-refractivity contribution >= 4 is 5.91 Å². The maximum atomic E-state index is 12.7. The van der Waals surface area contributed by atoms with Crippen LogP contribution in [-0.2, 0) is 6.61 Å². The molecule has 1 N–H and O–H groups in total. The van der Waals surface area contributed by atoms with Gasteiger partial charge in [0, 0.05) is 0 Å². The van der Waals surface area contributed by atoms with Crippen LogP contribution in [0.5, 0.6) is 5.75 Å². The first kappa shape index (κ1) is 17.7. The Hall–Kier alpha value is -3.07. The summed E-state index contributed by atoms with van der Waals surface area (Å²) in [5.74, 6) is 0.451. The predicted octanol–water partition coefficient (Wildman–Crippen LogP) is 5.07. The fourth-order valence-electron chi connectivity index (χ4n) is 2.73. The van der Waals surface area contributed by atoms with Crippen molar-refractivity contribution < 1.29 is 9.53 Å². The largest absolute Gasteiger partial charge is 0.488 e. The Morgan fingerprint density at radius 2 is 1.58 bits per heavy atom. The van der Waals surface area contributed by atoms with Gasteiger partial charge in [-0.15, -0.1) is 0 Å². The summed E-state index contributed by atoms with van der Waals surface area (Å²) in [6, 6.07) is 25.4. The summed E-state index contributed by atoms with van der Waals surface area (Å²) in [6.07, 6.45) is 0. The molecule has 26 heavy (non-hydrogen) atoms. The van der Waals surface area contributed by atoms with E-state index < -0.39 is 0 Å². The molecule has 0 unspecified atom stereocenters. The van der Waals surface area contributed by atoms with E-state index >= 15 is 0 Å². The number of aryl methyl sites for hydroxylation is 1. The summed E-state index contributed by atoms with van der Waals surface area (Å²) >= 11 is 0. The Morgan fingerprint density at radius 3 is 2.31 bits per heavy atom. The van der Waals surface area contributed by atoms with Crippen LogP contribution in [-0.4, -0.2) is 5.91 Å². The molecule has 0 bridgehead atoms. The van der Waals surface area contributed by atoms with Crippen LogP contribution in [0.1, 0.15) is 40.0 Å². The van der Waals surface area contributed by atoms with Gasteiger partial charge in [-0.1, -0.05) is 72.3 Å². The van der Waals surface area contributed by atoms with Crippen LogP contribution in [0.4, 0.5) is 0 Å². The zero-order chi connectivity index (χ0) is 18.4. The van der Waals surface area contributed by atoms with Crippen molar-refractivity contribution in [1.29, 1.82) is 0 Å². The highest BCUT2D eigenvalue weighted by Gasteiger charge is 2.15. The van der Waals surface area contributed by atoms with Gasteiger partial charge in [-0.05, 0) is 37.1 Å². The third kappa shape index (κ3) is 4.51. The summed E-state index contributed by atoms with van der Waals surface area (Å²) in [5, 5.41) is 3.05. The van der Waals surface area contributed by atoms with E-state index in [9.17, 15) is 4.79 Å². The first-order valence-corrected chi connectivity index (χ1v) is 8.76. The second kappa shape index (κ2) is 8.34. The SMILES string of the molecule is Cc1ccc([C@H](C)NC(=O)c2ccccc2OCc2ccccc2)cc1. The molecule has 3 aromatic carbocycles. The summed E-state index contributed by atoms with van der Waals surface area (Å²) < 4.78 is 5.89. The average molecular weight is 345 g/mol. The number of amides is 1. The van der Waals surface area contributed by atoms with Gasteiger partial charge in [0.2, 0.25) is 0 Å². The summed E-state index contributed by atoms with van der Waals surface area (Å²) in [5.41, 5.74) is 3.89. The number of carbonyl (C=O) groups is 1. The number of para-hydroxylation sites is 1. The second-order valence-electron chi connectivity index (χ2n) is 6.38. The number of hydrogen-bond acceptors (Lipinski definition) is 2. The van der Waals surface area contributed by atoms with Crippen molar-refractivity contribution in [2.75, 3.05) is 0 Å². The minimum atomic E-state index is -0.137. The lowest BCUT2D eigenvalue weighted by molar-refractivity contribution is 0.0935. The molecule has 0 radical (unpaired) electrons. The second-order valence-corrected chi connectivity index (χ2v) is 6.38. The molecular formula is C23H23NO2. The molecule has 0 heterocycles. The zero-order valence-electron chi connectivity index (χ0n) is 15.1. The monoisotopic (exact) mass is 345 g/mol. The van der Waals surface area contributed by atoms with Crippen molar-refractivity contribution in [3.63, 3.8) is 0 Å². The van der Waals surface area contributed by atoms with Crippen molar-refractivity contribution in [3.05, 3.63) is 101 Å². The number of nitrogens with one attached hydrogen (secondary N) is 1. The van der Waals surface area contributed by atoms with Gasteiger partial charge in [-0.25, -0.2) is 0 Å². The van der Waals surface area contributed by atoms with Crippen LogP contribution in [0.15, 0.2) is 78.9 Å². The quantitative estimate of drug-likeness (QED) is 0.678. The lowest BCUT2D eigenvalue weighted by atomic mass is 10.1. The summed E-state index contributed by atoms with van der Waals surface area (Å²) in [6.45, 7) is 4.46. The van der Waals surface area contributed by atoms with E-state index in [1.165, 1.54) is 5.56 Å². The van der Waals surface area contributed by atoms with Crippen molar-refractivity contribution in [1.82, 2.24) is 5.32 Å². The summed E-state index contributed by atoms with van der Waals surface area (Å²) in [7, 11) is 0. The van der Waals surface area contributed by atoms with Gasteiger partial charge in [0.25, 0.3) is 5.91 Å². The molecule has 0 aliphatic carbocycles. The minimum Gasteiger partial charge on any atom is -0.488 e. The first-order chi connectivity index (χ1) is 12.6. The van der Waals surface area contributed by atoms with Crippen LogP contribution < -0.4 is 10.1 Å². The molecule has 0 aliphatic rings. The number of carbonyl (C=O) groups excluding carboxylic acids is 1. The standard InChI is InChI=1S/C23H23NO2/c1-17-12-14-20(15-13-17)18(2)24-23(25)21-10-6-7-11-22(21)26-16-19-8-4-3-5-9-19/h3-15,18H,16H2,1-2H3,(H,24,25)/t18-/m0/s1. The molecule has 0 saturated carbocycles. The Morgan fingerprint density at radius 1 is 0.923 bits per heavy atom. The molecule has 0 aliphatic heterocycles. The number of hydrogen-bond donors (Lipinski definition) is 1. The highest BCUT2D eigenvalue weighted by atomic mass is 16.5. The third-order valence-corrected chi connectivity index (χ3v) is 4.29. The van der Waals surface area contributed by atoms with E-state index in [0.717, 1.165) is 11.1 Å². The predicted molar refractivity (Wildman–Crippen MR) is 104 cm³/mol. The molecule has 1 atom stereocenters. The van der Waals surface area contributed by atoms with Gasteiger partial charge in [0.05, 0.1) is 11.6 Å². The summed E-state index contributed by atoms with van der Waals surface area (Å²) in [4.78, 5) is 12.7. The first-order valence-electron chi connectivity index (χ1n) is 8.76. The van der Waals surface area contributed by atoms with E-state index in [1.54, 1.807) is 6.07 Å². The van der Waals surface area contributed by atoms with Crippen LogP contribution in [0.2, 0.25) is 0 Å². The zero-order valence-corrected chi connectivity index (χ0v) is 15.1. The smallest absolute Gasteiger partial charge is 0.255 e. The van der Waals surface area contributed by atoms with Crippen molar-refractivity contribution in [2.45, 2.75) is 26.5 Å². The van der Waals surface area contributed by atoms with Gasteiger partial charge >= 0.3 is 0 Å². The lowest BCUT2D eigenvalue weighted by Crippen LogP contribution is -2.27. The molecule has 3 heteroatoms. The Kier molecular flexibility index (Phi) is 5.69. The number of rotatable bonds is 6. The molecule has 0 aromatic heterocycles. The minimum absolute atomic E-state index is 0.0784. The molecule has 0 fully saturated rings. The third-order valence-electron chi connectivity index (χ3n) is 4.29. The van der Waals surface area contributed by atoms with E-state index in [0.29, 0.717) is 17.9 Å². The normalized spacial score (nSPS) is 11.6.